The molecule has 3 rings (SSSR count). The lowest BCUT2D eigenvalue weighted by atomic mass is 9.77. The molecule has 2 heteroatoms. The fourth-order valence-electron chi connectivity index (χ4n) is 3.54. The minimum atomic E-state index is 0.809. The zero-order valence-electron chi connectivity index (χ0n) is 10.9. The monoisotopic (exact) mass is 307 g/mol. The van der Waals surface area contributed by atoms with Gasteiger partial charge in [0.05, 0.1) is 0 Å². The Morgan fingerprint density at radius 1 is 1.28 bits per heavy atom. The Bertz CT molecular complexity index is 402. The minimum Gasteiger partial charge on any atom is -0.302 e. The molecule has 0 saturated carbocycles. The topological polar surface area (TPSA) is 3.24 Å². The van der Waals surface area contributed by atoms with Crippen LogP contribution in [0.3, 0.4) is 0 Å². The molecule has 1 fully saturated rings. The third-order valence-corrected chi connectivity index (χ3v) is 5.02. The van der Waals surface area contributed by atoms with E-state index in [1.165, 1.54) is 45.3 Å². The van der Waals surface area contributed by atoms with Crippen LogP contribution in [0.25, 0.3) is 0 Å². The molecule has 1 aliphatic carbocycles. The molecule has 0 aromatic heterocycles. The van der Waals surface area contributed by atoms with E-state index in [2.05, 4.69) is 45.1 Å². The first-order valence-corrected chi connectivity index (χ1v) is 8.35. The summed E-state index contributed by atoms with van der Waals surface area (Å²) in [5.74, 6) is 1.73. The maximum absolute atomic E-state index is 3.58. The van der Waals surface area contributed by atoms with Gasteiger partial charge >= 0.3 is 0 Å². The molecule has 0 N–H and O–H groups in total. The van der Waals surface area contributed by atoms with Crippen molar-refractivity contribution in [2.24, 2.45) is 5.92 Å². The van der Waals surface area contributed by atoms with E-state index in [4.69, 9.17) is 0 Å². The van der Waals surface area contributed by atoms with Crippen LogP contribution >= 0.6 is 15.9 Å². The molecule has 98 valence electrons. The molecule has 1 aromatic carbocycles. The largest absolute Gasteiger partial charge is 0.302 e. The summed E-state index contributed by atoms with van der Waals surface area (Å²) in [7, 11) is 0. The van der Waals surface area contributed by atoms with E-state index < -0.39 is 0 Å². The Morgan fingerprint density at radius 3 is 3.00 bits per heavy atom. The number of hydrogen-bond donors (Lipinski definition) is 0. The van der Waals surface area contributed by atoms with Gasteiger partial charge in [-0.05, 0) is 49.3 Å². The summed E-state index contributed by atoms with van der Waals surface area (Å²) in [6.45, 7) is 3.93. The Balaban J connectivity index is 1.55. The first-order chi connectivity index (χ1) is 8.86. The fraction of sp³-hybridized carbons (Fsp3) is 0.625. The van der Waals surface area contributed by atoms with E-state index in [0.29, 0.717) is 0 Å². The van der Waals surface area contributed by atoms with Gasteiger partial charge < -0.3 is 4.90 Å². The van der Waals surface area contributed by atoms with Crippen molar-refractivity contribution < 1.29 is 0 Å². The zero-order valence-corrected chi connectivity index (χ0v) is 12.5. The molecule has 1 aromatic rings. The van der Waals surface area contributed by atoms with Crippen molar-refractivity contribution >= 4 is 15.9 Å². The highest BCUT2D eigenvalue weighted by Gasteiger charge is 2.29. The first kappa shape index (κ1) is 12.7. The van der Waals surface area contributed by atoms with Crippen molar-refractivity contribution in [3.63, 3.8) is 0 Å². The summed E-state index contributed by atoms with van der Waals surface area (Å²) < 4.78 is 0. The number of likely N-dealkylation sites (tertiary alicyclic amines) is 1. The Labute approximate surface area is 119 Å². The van der Waals surface area contributed by atoms with Gasteiger partial charge in [0.25, 0.3) is 0 Å². The van der Waals surface area contributed by atoms with Gasteiger partial charge in [-0.15, -0.1) is 0 Å². The Morgan fingerprint density at radius 2 is 2.17 bits per heavy atom. The lowest BCUT2D eigenvalue weighted by Gasteiger charge is -2.38. The van der Waals surface area contributed by atoms with Gasteiger partial charge in [0, 0.05) is 24.3 Å². The van der Waals surface area contributed by atoms with Crippen LogP contribution in [0.2, 0.25) is 0 Å². The van der Waals surface area contributed by atoms with Gasteiger partial charge in [-0.25, -0.2) is 0 Å². The van der Waals surface area contributed by atoms with Crippen LogP contribution in [0.15, 0.2) is 24.3 Å². The fourth-order valence-corrected chi connectivity index (χ4v) is 4.19. The van der Waals surface area contributed by atoms with Crippen LogP contribution < -0.4 is 0 Å². The summed E-state index contributed by atoms with van der Waals surface area (Å²) in [6.07, 6.45) is 5.48. The quantitative estimate of drug-likeness (QED) is 0.764. The number of hydrogen-bond acceptors (Lipinski definition) is 1. The summed E-state index contributed by atoms with van der Waals surface area (Å²) in [5.41, 5.74) is 3.19. The van der Waals surface area contributed by atoms with Gasteiger partial charge in [0.2, 0.25) is 0 Å². The zero-order chi connectivity index (χ0) is 12.4. The predicted octanol–water partition coefficient (Wildman–Crippen LogP) is 3.82. The number of piperidine rings is 1. The molecule has 1 aliphatic heterocycles. The molecule has 18 heavy (non-hydrogen) atoms. The molecule has 1 heterocycles. The number of benzene rings is 1. The molecular formula is C16H22BrN. The number of rotatable bonds is 4. The second kappa shape index (κ2) is 5.75. The number of nitrogens with zero attached hydrogens (tertiary/aromatic N) is 1. The molecule has 2 aliphatic rings. The van der Waals surface area contributed by atoms with Crippen molar-refractivity contribution in [3.8, 4) is 0 Å². The van der Waals surface area contributed by atoms with Gasteiger partial charge in [0.1, 0.15) is 0 Å². The summed E-state index contributed by atoms with van der Waals surface area (Å²) in [6, 6.07) is 8.97. The maximum atomic E-state index is 3.58. The van der Waals surface area contributed by atoms with Crippen molar-refractivity contribution in [3.05, 3.63) is 35.4 Å². The van der Waals surface area contributed by atoms with E-state index >= 15 is 0 Å². The van der Waals surface area contributed by atoms with Crippen LogP contribution in [0.5, 0.6) is 0 Å². The maximum Gasteiger partial charge on any atom is 0.00537 e. The van der Waals surface area contributed by atoms with Crippen LogP contribution in [-0.4, -0.2) is 29.9 Å². The van der Waals surface area contributed by atoms with Gasteiger partial charge in [0.15, 0.2) is 0 Å². The van der Waals surface area contributed by atoms with Crippen molar-refractivity contribution in [1.82, 2.24) is 4.90 Å². The van der Waals surface area contributed by atoms with Crippen LogP contribution in [-0.2, 0) is 6.42 Å². The first-order valence-electron chi connectivity index (χ1n) is 7.23. The highest BCUT2D eigenvalue weighted by atomic mass is 79.9. The molecule has 0 amide bonds. The highest BCUT2D eigenvalue weighted by molar-refractivity contribution is 9.09. The molecule has 1 nitrogen and oxygen atoms in total. The third-order valence-electron chi connectivity index (χ3n) is 4.56. The highest BCUT2D eigenvalue weighted by Crippen LogP contribution is 2.36. The smallest absolute Gasteiger partial charge is 0.00537 e. The van der Waals surface area contributed by atoms with E-state index in [9.17, 15) is 0 Å². The van der Waals surface area contributed by atoms with Crippen LogP contribution in [0.4, 0.5) is 0 Å². The second-order valence-electron chi connectivity index (χ2n) is 5.85. The van der Waals surface area contributed by atoms with E-state index in [1.54, 1.807) is 11.1 Å². The van der Waals surface area contributed by atoms with Crippen LogP contribution in [0.1, 0.15) is 36.3 Å². The third kappa shape index (κ3) is 2.65. The van der Waals surface area contributed by atoms with Gasteiger partial charge in [-0.3, -0.25) is 0 Å². The summed E-state index contributed by atoms with van der Waals surface area (Å²) in [4.78, 5) is 2.71. The molecule has 0 radical (unpaired) electrons. The molecule has 2 atom stereocenters. The number of halogens is 1. The molecule has 1 saturated heterocycles. The average Bonchev–Trinajstić information content (AvgIpc) is 2.37. The second-order valence-corrected chi connectivity index (χ2v) is 6.64. The lowest BCUT2D eigenvalue weighted by molar-refractivity contribution is 0.159. The number of alkyl halides is 1. The molecule has 0 spiro atoms. The van der Waals surface area contributed by atoms with E-state index in [-0.39, 0.29) is 0 Å². The predicted molar refractivity (Wildman–Crippen MR) is 80.5 cm³/mol. The Kier molecular flexibility index (Phi) is 4.05. The average molecular weight is 308 g/mol. The molecule has 2 unspecified atom stereocenters. The van der Waals surface area contributed by atoms with Crippen molar-refractivity contribution in [2.45, 2.75) is 31.6 Å². The SMILES string of the molecule is BrCCC1CCCN(CC2Cc3ccccc32)C1. The lowest BCUT2D eigenvalue weighted by Crippen LogP contribution is -2.40. The summed E-state index contributed by atoms with van der Waals surface area (Å²) in [5, 5.41) is 1.16. The molecule has 0 bridgehead atoms. The van der Waals surface area contributed by atoms with E-state index in [0.717, 1.165) is 17.2 Å². The van der Waals surface area contributed by atoms with Crippen molar-refractivity contribution in [2.75, 3.05) is 25.0 Å². The Hall–Kier alpha value is -0.340. The van der Waals surface area contributed by atoms with Crippen molar-refractivity contribution in [1.29, 1.82) is 0 Å². The van der Waals surface area contributed by atoms with Gasteiger partial charge in [-0.2, -0.15) is 0 Å². The van der Waals surface area contributed by atoms with Gasteiger partial charge in [-0.1, -0.05) is 40.2 Å². The van der Waals surface area contributed by atoms with Crippen LogP contribution in [0, 0.1) is 5.92 Å². The molecular weight excluding hydrogens is 286 g/mol. The standard InChI is InChI=1S/C16H22BrN/c17-8-7-13-4-3-9-18(11-13)12-15-10-14-5-1-2-6-16(14)15/h1-2,5-6,13,15H,3-4,7-12H2. The summed E-state index contributed by atoms with van der Waals surface area (Å²) >= 11 is 3.58. The normalized spacial score (nSPS) is 27.6. The minimum absolute atomic E-state index is 0.809. The van der Waals surface area contributed by atoms with E-state index in [1.807, 2.05) is 0 Å². The number of fused-ring (bicyclic) bond motifs is 1.